The van der Waals surface area contributed by atoms with Gasteiger partial charge in [-0.2, -0.15) is 0 Å². The molecular weight excluding hydrogens is 416 g/mol. The van der Waals surface area contributed by atoms with Crippen molar-refractivity contribution < 1.29 is 9.53 Å². The van der Waals surface area contributed by atoms with Crippen molar-refractivity contribution >= 4 is 5.91 Å². The van der Waals surface area contributed by atoms with Crippen LogP contribution in [0.1, 0.15) is 33.0 Å². The van der Waals surface area contributed by atoms with Gasteiger partial charge in [0.05, 0.1) is 30.5 Å². The standard InChI is InChI=1S/C26H28N4O3/c1-16-24(26(32)30(28(16)4)20-12-7-6-8-13-20)22-17(2)29(18(3)23(22)25(27)31)15-19-11-9-10-14-21(19)33-5/h6-14H,15H2,1-5H3,(H2,27,31). The van der Waals surface area contributed by atoms with Crippen LogP contribution >= 0.6 is 0 Å². The zero-order chi connectivity index (χ0) is 23.9. The second-order valence-corrected chi connectivity index (χ2v) is 8.12. The fourth-order valence-corrected chi connectivity index (χ4v) is 4.59. The topological polar surface area (TPSA) is 84.2 Å². The van der Waals surface area contributed by atoms with Gasteiger partial charge >= 0.3 is 0 Å². The SMILES string of the molecule is COc1ccccc1Cn1c(C)c(C(N)=O)c(-c2c(C)n(C)n(-c3ccccc3)c2=O)c1C. The minimum absolute atomic E-state index is 0.193. The Kier molecular flexibility index (Phi) is 5.72. The maximum Gasteiger partial charge on any atom is 0.279 e. The third-order valence-corrected chi connectivity index (χ3v) is 6.35. The van der Waals surface area contributed by atoms with E-state index in [4.69, 9.17) is 10.5 Å². The van der Waals surface area contributed by atoms with Gasteiger partial charge in [-0.3, -0.25) is 14.3 Å². The van der Waals surface area contributed by atoms with Gasteiger partial charge < -0.3 is 15.0 Å². The lowest BCUT2D eigenvalue weighted by Crippen LogP contribution is -2.20. The predicted octanol–water partition coefficient (Wildman–Crippen LogP) is 3.73. The van der Waals surface area contributed by atoms with Crippen LogP contribution in [0.5, 0.6) is 5.75 Å². The van der Waals surface area contributed by atoms with Crippen LogP contribution in [0.25, 0.3) is 16.8 Å². The molecule has 0 bridgehead atoms. The number of hydrogen-bond acceptors (Lipinski definition) is 3. The van der Waals surface area contributed by atoms with Crippen molar-refractivity contribution in [3.63, 3.8) is 0 Å². The molecule has 0 aliphatic carbocycles. The first-order chi connectivity index (χ1) is 15.8. The highest BCUT2D eigenvalue weighted by molar-refractivity contribution is 6.02. The molecule has 33 heavy (non-hydrogen) atoms. The Morgan fingerprint density at radius 3 is 2.18 bits per heavy atom. The molecule has 2 N–H and O–H groups in total. The molecule has 0 atom stereocenters. The van der Waals surface area contributed by atoms with E-state index in [0.29, 0.717) is 23.2 Å². The van der Waals surface area contributed by atoms with Crippen LogP contribution in [0.2, 0.25) is 0 Å². The molecule has 4 rings (SSSR count). The highest BCUT2D eigenvalue weighted by atomic mass is 16.5. The average molecular weight is 445 g/mol. The van der Waals surface area contributed by atoms with Crippen LogP contribution < -0.4 is 16.0 Å². The number of methoxy groups -OCH3 is 1. The van der Waals surface area contributed by atoms with Crippen LogP contribution in [0.4, 0.5) is 0 Å². The van der Waals surface area contributed by atoms with Crippen molar-refractivity contribution in [1.82, 2.24) is 13.9 Å². The molecule has 7 nitrogen and oxygen atoms in total. The number of primary amides is 1. The van der Waals surface area contributed by atoms with Gasteiger partial charge in [0.25, 0.3) is 11.5 Å². The molecule has 2 heterocycles. The molecule has 0 saturated carbocycles. The summed E-state index contributed by atoms with van der Waals surface area (Å²) in [5, 5.41) is 0. The summed E-state index contributed by atoms with van der Waals surface area (Å²) in [7, 11) is 3.47. The summed E-state index contributed by atoms with van der Waals surface area (Å²) in [5.41, 5.74) is 11.1. The fraction of sp³-hybridized carbons (Fsp3) is 0.231. The number of para-hydroxylation sites is 2. The van der Waals surface area contributed by atoms with Gasteiger partial charge in [0, 0.05) is 35.3 Å². The van der Waals surface area contributed by atoms with Crippen molar-refractivity contribution in [2.45, 2.75) is 27.3 Å². The second kappa shape index (κ2) is 8.50. The van der Waals surface area contributed by atoms with E-state index >= 15 is 0 Å². The fourth-order valence-electron chi connectivity index (χ4n) is 4.59. The van der Waals surface area contributed by atoms with E-state index in [1.807, 2.05) is 91.7 Å². The van der Waals surface area contributed by atoms with Crippen LogP contribution in [-0.2, 0) is 13.6 Å². The highest BCUT2D eigenvalue weighted by Gasteiger charge is 2.28. The highest BCUT2D eigenvalue weighted by Crippen LogP contribution is 2.34. The average Bonchev–Trinajstić information content (AvgIpc) is 3.17. The normalized spacial score (nSPS) is 11.1. The molecule has 0 unspecified atom stereocenters. The molecule has 0 radical (unpaired) electrons. The van der Waals surface area contributed by atoms with Crippen molar-refractivity contribution in [3.05, 3.63) is 93.2 Å². The largest absolute Gasteiger partial charge is 0.496 e. The van der Waals surface area contributed by atoms with E-state index in [1.165, 1.54) is 0 Å². The van der Waals surface area contributed by atoms with E-state index in [2.05, 4.69) is 0 Å². The first-order valence-electron chi connectivity index (χ1n) is 10.7. The molecule has 0 aliphatic rings. The number of rotatable bonds is 6. The lowest BCUT2D eigenvalue weighted by Gasteiger charge is -2.13. The summed E-state index contributed by atoms with van der Waals surface area (Å²) in [6, 6.07) is 17.2. The number of ether oxygens (including phenoxy) is 1. The van der Waals surface area contributed by atoms with E-state index in [0.717, 1.165) is 34.1 Å². The Hall–Kier alpha value is -4.00. The summed E-state index contributed by atoms with van der Waals surface area (Å²) in [6.07, 6.45) is 0. The smallest absolute Gasteiger partial charge is 0.279 e. The molecule has 0 spiro atoms. The number of aromatic nitrogens is 3. The molecule has 0 fully saturated rings. The van der Waals surface area contributed by atoms with Gasteiger partial charge in [-0.15, -0.1) is 0 Å². The molecule has 170 valence electrons. The maximum absolute atomic E-state index is 13.7. The molecule has 2 aromatic heterocycles. The summed E-state index contributed by atoms with van der Waals surface area (Å²) >= 11 is 0. The first-order valence-corrected chi connectivity index (χ1v) is 10.7. The van der Waals surface area contributed by atoms with Crippen molar-refractivity contribution in [1.29, 1.82) is 0 Å². The quantitative estimate of drug-likeness (QED) is 0.492. The number of carbonyl (C=O) groups excluding carboxylic acids is 1. The minimum Gasteiger partial charge on any atom is -0.496 e. The van der Waals surface area contributed by atoms with Gasteiger partial charge in [-0.25, -0.2) is 4.68 Å². The zero-order valence-electron chi connectivity index (χ0n) is 19.5. The number of nitrogens with zero attached hydrogens (tertiary/aromatic N) is 3. The summed E-state index contributed by atoms with van der Waals surface area (Å²) in [4.78, 5) is 26.3. The number of carbonyl (C=O) groups is 1. The Bertz CT molecular complexity index is 1410. The molecule has 7 heteroatoms. The zero-order valence-corrected chi connectivity index (χ0v) is 19.5. The van der Waals surface area contributed by atoms with Gasteiger partial charge in [0.15, 0.2) is 0 Å². The molecule has 0 saturated heterocycles. The van der Waals surface area contributed by atoms with Crippen molar-refractivity contribution in [3.8, 4) is 22.6 Å². The maximum atomic E-state index is 13.7. The molecule has 4 aromatic rings. The monoisotopic (exact) mass is 444 g/mol. The Labute approximate surface area is 192 Å². The van der Waals surface area contributed by atoms with Crippen molar-refractivity contribution in [2.24, 2.45) is 12.8 Å². The molecular formula is C26H28N4O3. The minimum atomic E-state index is -0.557. The van der Waals surface area contributed by atoms with Crippen LogP contribution in [0.15, 0.2) is 59.4 Å². The summed E-state index contributed by atoms with van der Waals surface area (Å²) in [5.74, 6) is 0.202. The van der Waals surface area contributed by atoms with E-state index in [9.17, 15) is 9.59 Å². The molecule has 0 aliphatic heterocycles. The van der Waals surface area contributed by atoms with Crippen LogP contribution in [0, 0.1) is 20.8 Å². The van der Waals surface area contributed by atoms with Gasteiger partial charge in [0.1, 0.15) is 5.75 Å². The van der Waals surface area contributed by atoms with E-state index in [-0.39, 0.29) is 5.56 Å². The van der Waals surface area contributed by atoms with Crippen molar-refractivity contribution in [2.75, 3.05) is 7.11 Å². The molecule has 2 aromatic carbocycles. The number of hydrogen-bond donors (Lipinski definition) is 1. The van der Waals surface area contributed by atoms with E-state index in [1.54, 1.807) is 11.8 Å². The number of amides is 1. The first kappa shape index (κ1) is 22.2. The Morgan fingerprint density at radius 1 is 0.909 bits per heavy atom. The third-order valence-electron chi connectivity index (χ3n) is 6.35. The number of nitrogens with two attached hydrogens (primary N) is 1. The van der Waals surface area contributed by atoms with Crippen LogP contribution in [-0.4, -0.2) is 26.9 Å². The molecule has 1 amide bonds. The predicted molar refractivity (Wildman–Crippen MR) is 129 cm³/mol. The van der Waals surface area contributed by atoms with Crippen LogP contribution in [0.3, 0.4) is 0 Å². The Morgan fingerprint density at radius 2 is 1.55 bits per heavy atom. The summed E-state index contributed by atoms with van der Waals surface area (Å²) < 4.78 is 11.0. The van der Waals surface area contributed by atoms with Gasteiger partial charge in [0.2, 0.25) is 0 Å². The van der Waals surface area contributed by atoms with Gasteiger partial charge in [-0.05, 0) is 39.0 Å². The summed E-state index contributed by atoms with van der Waals surface area (Å²) in [6.45, 7) is 6.15. The van der Waals surface area contributed by atoms with Gasteiger partial charge in [-0.1, -0.05) is 36.4 Å². The lowest BCUT2D eigenvalue weighted by atomic mass is 10.0. The Balaban J connectivity index is 1.98. The lowest BCUT2D eigenvalue weighted by molar-refractivity contribution is 0.1000. The second-order valence-electron chi connectivity index (χ2n) is 8.12. The number of benzene rings is 2. The van der Waals surface area contributed by atoms with E-state index < -0.39 is 5.91 Å². The third kappa shape index (κ3) is 3.55.